The highest BCUT2D eigenvalue weighted by molar-refractivity contribution is 9.10. The molecule has 0 unspecified atom stereocenters. The lowest BCUT2D eigenvalue weighted by molar-refractivity contribution is 0.302. The molecule has 4 nitrogen and oxygen atoms in total. The van der Waals surface area contributed by atoms with Gasteiger partial charge in [-0.2, -0.15) is 0 Å². The van der Waals surface area contributed by atoms with Crippen molar-refractivity contribution >= 4 is 21.7 Å². The van der Waals surface area contributed by atoms with Crippen molar-refractivity contribution in [3.8, 4) is 0 Å². The topological polar surface area (TPSA) is 48.4 Å². The number of hydrogen-bond donors (Lipinski definition) is 2. The van der Waals surface area contributed by atoms with Crippen LogP contribution in [0.25, 0.3) is 0 Å². The Morgan fingerprint density at radius 1 is 1.65 bits per heavy atom. The minimum absolute atomic E-state index is 0.102. The number of rotatable bonds is 7. The molecule has 2 N–H and O–H groups in total. The molecule has 0 aromatic carbocycles. The third-order valence-corrected chi connectivity index (χ3v) is 2.73. The molecule has 1 aromatic heterocycles. The Hall–Kier alpha value is -0.910. The molecule has 0 aliphatic carbocycles. The van der Waals surface area contributed by atoms with E-state index in [1.807, 2.05) is 24.1 Å². The molecular weight excluding hydrogens is 282 g/mol. The Balaban J connectivity index is 3.02. The van der Waals surface area contributed by atoms with Gasteiger partial charge in [-0.3, -0.25) is 0 Å². The number of aliphatic hydroxyl groups excluding tert-OH is 1. The first-order chi connectivity index (χ1) is 8.22. The van der Waals surface area contributed by atoms with E-state index < -0.39 is 0 Å². The summed E-state index contributed by atoms with van der Waals surface area (Å²) >= 11 is 3.42. The fourth-order valence-corrected chi connectivity index (χ4v) is 2.02. The molecule has 1 aromatic rings. The van der Waals surface area contributed by atoms with Crippen LogP contribution in [0.5, 0.6) is 0 Å². The third-order valence-electron chi connectivity index (χ3n) is 2.30. The molecule has 94 valence electrons. The number of pyridine rings is 1. The first-order valence-electron chi connectivity index (χ1n) is 5.48. The average Bonchev–Trinajstić information content (AvgIpc) is 2.30. The molecule has 0 radical (unpaired) electrons. The Kier molecular flexibility index (Phi) is 6.18. The van der Waals surface area contributed by atoms with Crippen LogP contribution in [0.2, 0.25) is 0 Å². The van der Waals surface area contributed by atoms with Crippen molar-refractivity contribution in [2.24, 2.45) is 0 Å². The molecule has 0 aliphatic rings. The Morgan fingerprint density at radius 2 is 2.41 bits per heavy atom. The summed E-state index contributed by atoms with van der Waals surface area (Å²) in [5, 5.41) is 12.2. The predicted octanol–water partition coefficient (Wildman–Crippen LogP) is 1.55. The summed E-state index contributed by atoms with van der Waals surface area (Å²) in [7, 11) is 1.90. The molecular formula is C12H18BrN3O. The maximum atomic E-state index is 9.07. The molecule has 5 heteroatoms. The summed E-state index contributed by atoms with van der Waals surface area (Å²) < 4.78 is 0.953. The largest absolute Gasteiger partial charge is 0.395 e. The highest BCUT2D eigenvalue weighted by atomic mass is 79.9. The number of aliphatic hydroxyl groups is 1. The average molecular weight is 300 g/mol. The molecule has 0 atom stereocenters. The van der Waals surface area contributed by atoms with Crippen LogP contribution in [-0.2, 0) is 6.54 Å². The number of nitrogens with one attached hydrogen (secondary N) is 1. The smallest absolute Gasteiger partial charge is 0.133 e. The van der Waals surface area contributed by atoms with E-state index in [0.717, 1.165) is 22.4 Å². The highest BCUT2D eigenvalue weighted by Gasteiger charge is 2.11. The molecule has 0 amide bonds. The molecule has 1 rings (SSSR count). The van der Waals surface area contributed by atoms with Gasteiger partial charge in [0.2, 0.25) is 0 Å². The van der Waals surface area contributed by atoms with Gasteiger partial charge in [-0.15, -0.1) is 6.58 Å². The van der Waals surface area contributed by atoms with E-state index in [1.165, 1.54) is 0 Å². The standard InChI is InChI=1S/C12H18BrN3O/c1-3-4-16(5-6-17)12-10(8-14-2)7-11(13)9-15-12/h3,7,9,14,17H,1,4-6,8H2,2H3. The van der Waals surface area contributed by atoms with E-state index in [2.05, 4.69) is 32.8 Å². The lowest BCUT2D eigenvalue weighted by Crippen LogP contribution is -2.29. The van der Waals surface area contributed by atoms with Gasteiger partial charge in [-0.25, -0.2) is 4.98 Å². The van der Waals surface area contributed by atoms with Gasteiger partial charge in [-0.1, -0.05) is 6.08 Å². The van der Waals surface area contributed by atoms with Crippen molar-refractivity contribution in [2.75, 3.05) is 31.6 Å². The zero-order chi connectivity index (χ0) is 12.7. The number of hydrogen-bond acceptors (Lipinski definition) is 4. The van der Waals surface area contributed by atoms with Gasteiger partial charge in [0.15, 0.2) is 0 Å². The lowest BCUT2D eigenvalue weighted by atomic mass is 10.2. The van der Waals surface area contributed by atoms with Crippen LogP contribution >= 0.6 is 15.9 Å². The normalized spacial score (nSPS) is 10.3. The van der Waals surface area contributed by atoms with Crippen LogP contribution < -0.4 is 10.2 Å². The van der Waals surface area contributed by atoms with Crippen molar-refractivity contribution < 1.29 is 5.11 Å². The molecule has 0 aliphatic heterocycles. The Labute approximate surface area is 110 Å². The molecule has 0 spiro atoms. The summed E-state index contributed by atoms with van der Waals surface area (Å²) in [4.78, 5) is 6.42. The maximum absolute atomic E-state index is 9.07. The molecule has 1 heterocycles. The van der Waals surface area contributed by atoms with Crippen molar-refractivity contribution in [3.63, 3.8) is 0 Å². The van der Waals surface area contributed by atoms with Gasteiger partial charge in [0.25, 0.3) is 0 Å². The monoisotopic (exact) mass is 299 g/mol. The van der Waals surface area contributed by atoms with Crippen LogP contribution in [0.15, 0.2) is 29.4 Å². The van der Waals surface area contributed by atoms with Crippen molar-refractivity contribution in [3.05, 3.63) is 35.0 Å². The van der Waals surface area contributed by atoms with E-state index in [4.69, 9.17) is 5.11 Å². The van der Waals surface area contributed by atoms with Gasteiger partial charge in [0.05, 0.1) is 6.61 Å². The second-order valence-corrected chi connectivity index (χ2v) is 4.54. The van der Waals surface area contributed by atoms with Crippen LogP contribution in [-0.4, -0.2) is 36.8 Å². The predicted molar refractivity (Wildman–Crippen MR) is 74.2 cm³/mol. The summed E-state index contributed by atoms with van der Waals surface area (Å²) in [6, 6.07) is 2.03. The van der Waals surface area contributed by atoms with E-state index in [9.17, 15) is 0 Å². The molecule has 0 bridgehead atoms. The fourth-order valence-electron chi connectivity index (χ4n) is 1.64. The van der Waals surface area contributed by atoms with Crippen molar-refractivity contribution in [1.82, 2.24) is 10.3 Å². The first-order valence-corrected chi connectivity index (χ1v) is 6.28. The van der Waals surface area contributed by atoms with Gasteiger partial charge >= 0.3 is 0 Å². The van der Waals surface area contributed by atoms with E-state index in [0.29, 0.717) is 13.1 Å². The zero-order valence-electron chi connectivity index (χ0n) is 9.99. The number of anilines is 1. The zero-order valence-corrected chi connectivity index (χ0v) is 11.6. The van der Waals surface area contributed by atoms with E-state index in [-0.39, 0.29) is 6.61 Å². The number of nitrogens with zero attached hydrogens (tertiary/aromatic N) is 2. The second-order valence-electron chi connectivity index (χ2n) is 3.62. The van der Waals surface area contributed by atoms with Gasteiger partial charge in [-0.05, 0) is 29.0 Å². The summed E-state index contributed by atoms with van der Waals surface area (Å²) in [5.41, 5.74) is 1.09. The van der Waals surface area contributed by atoms with Crippen molar-refractivity contribution in [2.45, 2.75) is 6.54 Å². The molecule has 0 fully saturated rings. The lowest BCUT2D eigenvalue weighted by Gasteiger charge is -2.23. The molecule has 0 saturated heterocycles. The van der Waals surface area contributed by atoms with Crippen LogP contribution in [0.1, 0.15) is 5.56 Å². The van der Waals surface area contributed by atoms with Gasteiger partial charge in [0.1, 0.15) is 5.82 Å². The molecule has 17 heavy (non-hydrogen) atoms. The summed E-state index contributed by atoms with van der Waals surface area (Å²) in [6.07, 6.45) is 3.57. The minimum Gasteiger partial charge on any atom is -0.395 e. The first kappa shape index (κ1) is 14.2. The number of aromatic nitrogens is 1. The van der Waals surface area contributed by atoms with Gasteiger partial charge < -0.3 is 15.3 Å². The summed E-state index contributed by atoms with van der Waals surface area (Å²) in [5.74, 6) is 0.886. The molecule has 0 saturated carbocycles. The van der Waals surface area contributed by atoms with E-state index in [1.54, 1.807) is 6.20 Å². The second kappa shape index (κ2) is 7.42. The minimum atomic E-state index is 0.102. The Bertz CT molecular complexity index is 371. The van der Waals surface area contributed by atoms with Crippen LogP contribution in [0, 0.1) is 0 Å². The van der Waals surface area contributed by atoms with E-state index >= 15 is 0 Å². The SMILES string of the molecule is C=CCN(CCO)c1ncc(Br)cc1CNC. The number of halogens is 1. The van der Waals surface area contributed by atoms with Crippen molar-refractivity contribution in [1.29, 1.82) is 0 Å². The highest BCUT2D eigenvalue weighted by Crippen LogP contribution is 2.21. The quantitative estimate of drug-likeness (QED) is 0.750. The van der Waals surface area contributed by atoms with Crippen LogP contribution in [0.4, 0.5) is 5.82 Å². The third kappa shape index (κ3) is 4.11. The van der Waals surface area contributed by atoms with Crippen LogP contribution in [0.3, 0.4) is 0 Å². The Morgan fingerprint density at radius 3 is 3.00 bits per heavy atom. The summed E-state index contributed by atoms with van der Waals surface area (Å²) in [6.45, 7) is 5.79. The maximum Gasteiger partial charge on any atom is 0.133 e. The fraction of sp³-hybridized carbons (Fsp3) is 0.417. The van der Waals surface area contributed by atoms with Gasteiger partial charge in [0, 0.05) is 35.9 Å².